The lowest BCUT2D eigenvalue weighted by Gasteiger charge is -2.06. The number of hydrogen-bond acceptors (Lipinski definition) is 4. The monoisotopic (exact) mass is 193 g/mol. The first-order chi connectivity index (χ1) is 6.61. The molecular weight excluding hydrogens is 182 g/mol. The van der Waals surface area contributed by atoms with Gasteiger partial charge in [0.2, 0.25) is 0 Å². The molecule has 0 amide bonds. The van der Waals surface area contributed by atoms with Gasteiger partial charge in [0.25, 0.3) is 0 Å². The molecule has 1 heterocycles. The Kier molecular flexibility index (Phi) is 1.87. The second-order valence-electron chi connectivity index (χ2n) is 3.59. The molecule has 74 valence electrons. The molecule has 14 heavy (non-hydrogen) atoms. The highest BCUT2D eigenvalue weighted by Gasteiger charge is 2.36. The molecule has 0 saturated heterocycles. The van der Waals surface area contributed by atoms with E-state index in [-0.39, 0.29) is 5.92 Å². The van der Waals surface area contributed by atoms with E-state index in [1.807, 2.05) is 6.92 Å². The number of hydrogen-bond donors (Lipinski definition) is 2. The zero-order valence-electron chi connectivity index (χ0n) is 7.77. The summed E-state index contributed by atoms with van der Waals surface area (Å²) in [4.78, 5) is 18.9. The third kappa shape index (κ3) is 1.13. The van der Waals surface area contributed by atoms with Crippen LogP contribution in [0, 0.1) is 0 Å². The molecule has 1 aliphatic carbocycles. The largest absolute Gasteiger partial charge is 0.481 e. The Labute approximate surface area is 81.0 Å². The van der Waals surface area contributed by atoms with E-state index < -0.39 is 11.9 Å². The lowest BCUT2D eigenvalue weighted by Crippen LogP contribution is -2.11. The van der Waals surface area contributed by atoms with Gasteiger partial charge in [-0.2, -0.15) is 0 Å². The van der Waals surface area contributed by atoms with E-state index in [1.165, 1.54) is 6.33 Å². The quantitative estimate of drug-likeness (QED) is 0.686. The number of aromatic nitrogens is 2. The van der Waals surface area contributed by atoms with Gasteiger partial charge in [-0.25, -0.2) is 9.97 Å². The van der Waals surface area contributed by atoms with Crippen molar-refractivity contribution in [2.24, 2.45) is 0 Å². The number of fused-ring (bicyclic) bond motifs is 1. The van der Waals surface area contributed by atoms with Crippen molar-refractivity contribution in [1.29, 1.82) is 0 Å². The SMILES string of the molecule is CC1CC(C(=O)O)c2c(N)ncnc21. The molecule has 0 radical (unpaired) electrons. The average Bonchev–Trinajstić information content (AvgIpc) is 2.46. The van der Waals surface area contributed by atoms with E-state index in [9.17, 15) is 4.79 Å². The van der Waals surface area contributed by atoms with Crippen molar-refractivity contribution >= 4 is 11.8 Å². The molecule has 0 fully saturated rings. The van der Waals surface area contributed by atoms with Crippen molar-refractivity contribution in [3.05, 3.63) is 17.6 Å². The molecule has 1 aromatic rings. The van der Waals surface area contributed by atoms with E-state index in [0.717, 1.165) is 5.69 Å². The van der Waals surface area contributed by atoms with Gasteiger partial charge >= 0.3 is 5.97 Å². The molecule has 0 bridgehead atoms. The third-order valence-electron chi connectivity index (χ3n) is 2.65. The first-order valence-electron chi connectivity index (χ1n) is 4.44. The topological polar surface area (TPSA) is 89.1 Å². The number of nitrogen functional groups attached to an aromatic ring is 1. The maximum Gasteiger partial charge on any atom is 0.311 e. The van der Waals surface area contributed by atoms with E-state index in [4.69, 9.17) is 10.8 Å². The second kappa shape index (κ2) is 2.94. The zero-order chi connectivity index (χ0) is 10.3. The number of nitrogens with two attached hydrogens (primary N) is 1. The van der Waals surface area contributed by atoms with Gasteiger partial charge in [0.15, 0.2) is 0 Å². The normalized spacial score (nSPS) is 24.6. The summed E-state index contributed by atoms with van der Waals surface area (Å²) in [5, 5.41) is 8.99. The molecular formula is C9H11N3O2. The van der Waals surface area contributed by atoms with Crippen LogP contribution in [0.2, 0.25) is 0 Å². The molecule has 1 aliphatic rings. The van der Waals surface area contributed by atoms with Crippen molar-refractivity contribution in [3.63, 3.8) is 0 Å². The molecule has 0 aliphatic heterocycles. The van der Waals surface area contributed by atoms with Crippen molar-refractivity contribution in [2.45, 2.75) is 25.2 Å². The fraction of sp³-hybridized carbons (Fsp3) is 0.444. The van der Waals surface area contributed by atoms with Crippen LogP contribution in [0.5, 0.6) is 0 Å². The lowest BCUT2D eigenvalue weighted by atomic mass is 10.0. The van der Waals surface area contributed by atoms with Crippen LogP contribution in [0.1, 0.15) is 36.4 Å². The van der Waals surface area contributed by atoms with Crippen LogP contribution in [0.15, 0.2) is 6.33 Å². The molecule has 0 spiro atoms. The van der Waals surface area contributed by atoms with Crippen molar-refractivity contribution in [3.8, 4) is 0 Å². The Hall–Kier alpha value is -1.65. The Morgan fingerprint density at radius 1 is 1.64 bits per heavy atom. The lowest BCUT2D eigenvalue weighted by molar-refractivity contribution is -0.138. The summed E-state index contributed by atoms with van der Waals surface area (Å²) in [7, 11) is 0. The number of nitrogens with zero attached hydrogens (tertiary/aromatic N) is 2. The summed E-state index contributed by atoms with van der Waals surface area (Å²) in [5.74, 6) is -0.943. The van der Waals surface area contributed by atoms with Crippen LogP contribution < -0.4 is 5.73 Å². The fourth-order valence-corrected chi connectivity index (χ4v) is 1.98. The number of aliphatic carboxylic acids is 1. The molecule has 2 rings (SSSR count). The van der Waals surface area contributed by atoms with Gasteiger partial charge in [0.1, 0.15) is 12.1 Å². The second-order valence-corrected chi connectivity index (χ2v) is 3.59. The molecule has 3 N–H and O–H groups in total. The fourth-order valence-electron chi connectivity index (χ4n) is 1.98. The Morgan fingerprint density at radius 2 is 2.36 bits per heavy atom. The molecule has 0 aromatic carbocycles. The summed E-state index contributed by atoms with van der Waals surface area (Å²) in [6, 6.07) is 0. The van der Waals surface area contributed by atoms with E-state index in [1.54, 1.807) is 0 Å². The highest BCUT2D eigenvalue weighted by atomic mass is 16.4. The molecule has 0 saturated carbocycles. The summed E-state index contributed by atoms with van der Waals surface area (Å²) in [5.41, 5.74) is 7.03. The average molecular weight is 193 g/mol. The predicted molar refractivity (Wildman–Crippen MR) is 49.9 cm³/mol. The minimum Gasteiger partial charge on any atom is -0.481 e. The number of carboxylic acids is 1. The van der Waals surface area contributed by atoms with E-state index >= 15 is 0 Å². The summed E-state index contributed by atoms with van der Waals surface area (Å²) < 4.78 is 0. The molecule has 2 atom stereocenters. The van der Waals surface area contributed by atoms with Crippen LogP contribution in [0.3, 0.4) is 0 Å². The molecule has 5 heteroatoms. The van der Waals surface area contributed by atoms with Crippen LogP contribution in [-0.4, -0.2) is 21.0 Å². The Bertz CT molecular complexity index is 392. The minimum atomic E-state index is -0.850. The van der Waals surface area contributed by atoms with E-state index in [0.29, 0.717) is 17.8 Å². The van der Waals surface area contributed by atoms with Crippen LogP contribution in [-0.2, 0) is 4.79 Å². The maximum atomic E-state index is 11.0. The van der Waals surface area contributed by atoms with Crippen LogP contribution in [0.4, 0.5) is 5.82 Å². The zero-order valence-corrected chi connectivity index (χ0v) is 7.77. The van der Waals surface area contributed by atoms with Crippen molar-refractivity contribution in [1.82, 2.24) is 9.97 Å². The van der Waals surface area contributed by atoms with Gasteiger partial charge in [-0.15, -0.1) is 0 Å². The first-order valence-corrected chi connectivity index (χ1v) is 4.44. The number of carboxylic acid groups (broad SMARTS) is 1. The van der Waals surface area contributed by atoms with Gasteiger partial charge in [-0.05, 0) is 6.42 Å². The Morgan fingerprint density at radius 3 is 3.00 bits per heavy atom. The number of carbonyl (C=O) groups is 1. The summed E-state index contributed by atoms with van der Waals surface area (Å²) >= 11 is 0. The predicted octanol–water partition coefficient (Wildman–Crippen LogP) is 0.734. The summed E-state index contributed by atoms with van der Waals surface area (Å²) in [6.45, 7) is 1.95. The molecule has 1 aromatic heterocycles. The van der Waals surface area contributed by atoms with Gasteiger partial charge < -0.3 is 10.8 Å². The number of rotatable bonds is 1. The van der Waals surface area contributed by atoms with Gasteiger partial charge in [0.05, 0.1) is 11.6 Å². The van der Waals surface area contributed by atoms with Gasteiger partial charge in [0, 0.05) is 11.5 Å². The van der Waals surface area contributed by atoms with E-state index in [2.05, 4.69) is 9.97 Å². The summed E-state index contributed by atoms with van der Waals surface area (Å²) in [6.07, 6.45) is 1.95. The standard InChI is InChI=1S/C9H11N3O2/c1-4-2-5(9(13)14)6-7(4)11-3-12-8(6)10/h3-5H,2H2,1H3,(H,13,14)(H2,10,11,12). The maximum absolute atomic E-state index is 11.0. The van der Waals surface area contributed by atoms with Crippen molar-refractivity contribution in [2.75, 3.05) is 5.73 Å². The van der Waals surface area contributed by atoms with Crippen molar-refractivity contribution < 1.29 is 9.90 Å². The minimum absolute atomic E-state index is 0.149. The first kappa shape index (κ1) is 8.93. The van der Waals surface area contributed by atoms with Gasteiger partial charge in [-0.1, -0.05) is 6.92 Å². The van der Waals surface area contributed by atoms with Crippen LogP contribution >= 0.6 is 0 Å². The molecule has 5 nitrogen and oxygen atoms in total. The highest BCUT2D eigenvalue weighted by Crippen LogP contribution is 2.42. The molecule has 2 unspecified atom stereocenters. The number of anilines is 1. The third-order valence-corrected chi connectivity index (χ3v) is 2.65. The highest BCUT2D eigenvalue weighted by molar-refractivity contribution is 5.80. The Balaban J connectivity index is 2.56. The van der Waals surface area contributed by atoms with Crippen LogP contribution in [0.25, 0.3) is 0 Å². The van der Waals surface area contributed by atoms with Gasteiger partial charge in [-0.3, -0.25) is 4.79 Å². The smallest absolute Gasteiger partial charge is 0.311 e.